The Labute approximate surface area is 119 Å². The van der Waals surface area contributed by atoms with Crippen LogP contribution >= 0.6 is 0 Å². The number of hydrogen-bond acceptors (Lipinski definition) is 3. The van der Waals surface area contributed by atoms with Crippen LogP contribution in [0.15, 0.2) is 0 Å². The van der Waals surface area contributed by atoms with E-state index in [-0.39, 0.29) is 0 Å². The van der Waals surface area contributed by atoms with Crippen molar-refractivity contribution < 1.29 is 4.74 Å². The Balaban J connectivity index is 1.92. The fraction of sp³-hybridized carbons (Fsp3) is 1.00. The van der Waals surface area contributed by atoms with Gasteiger partial charge in [0.25, 0.3) is 0 Å². The lowest BCUT2D eigenvalue weighted by Gasteiger charge is -2.41. The van der Waals surface area contributed by atoms with Crippen molar-refractivity contribution >= 4 is 0 Å². The number of ether oxygens (including phenoxy) is 1. The van der Waals surface area contributed by atoms with Gasteiger partial charge in [0.1, 0.15) is 0 Å². The van der Waals surface area contributed by atoms with Gasteiger partial charge in [0, 0.05) is 25.7 Å². The molecule has 0 aromatic carbocycles. The predicted molar refractivity (Wildman–Crippen MR) is 80.6 cm³/mol. The Kier molecular flexibility index (Phi) is 6.62. The van der Waals surface area contributed by atoms with E-state index >= 15 is 0 Å². The van der Waals surface area contributed by atoms with Crippen LogP contribution in [0, 0.1) is 0 Å². The minimum atomic E-state index is 0.462. The fourth-order valence-electron chi connectivity index (χ4n) is 3.81. The van der Waals surface area contributed by atoms with E-state index < -0.39 is 0 Å². The second kappa shape index (κ2) is 8.23. The van der Waals surface area contributed by atoms with Gasteiger partial charge in [-0.3, -0.25) is 4.90 Å². The van der Waals surface area contributed by atoms with Crippen LogP contribution in [0.3, 0.4) is 0 Å². The van der Waals surface area contributed by atoms with Gasteiger partial charge in [0.05, 0.1) is 6.10 Å². The van der Waals surface area contributed by atoms with Crippen molar-refractivity contribution in [3.05, 3.63) is 0 Å². The minimum absolute atomic E-state index is 0.462. The maximum atomic E-state index is 5.76. The number of hydrogen-bond donors (Lipinski definition) is 1. The minimum Gasteiger partial charge on any atom is -0.380 e. The van der Waals surface area contributed by atoms with Crippen LogP contribution in [-0.2, 0) is 4.74 Å². The smallest absolute Gasteiger partial charge is 0.0726 e. The second-order valence-corrected chi connectivity index (χ2v) is 6.27. The zero-order valence-corrected chi connectivity index (χ0v) is 12.9. The van der Waals surface area contributed by atoms with Crippen molar-refractivity contribution in [1.82, 2.24) is 10.2 Å². The highest BCUT2D eigenvalue weighted by atomic mass is 16.5. The van der Waals surface area contributed by atoms with Crippen molar-refractivity contribution in [3.63, 3.8) is 0 Å². The lowest BCUT2D eigenvalue weighted by molar-refractivity contribution is -0.0149. The third kappa shape index (κ3) is 4.44. The molecule has 1 aliphatic heterocycles. The molecule has 0 aromatic heterocycles. The summed E-state index contributed by atoms with van der Waals surface area (Å²) in [5.74, 6) is 0. The number of nitrogens with zero attached hydrogens (tertiary/aromatic N) is 1. The van der Waals surface area contributed by atoms with Gasteiger partial charge in [0.2, 0.25) is 0 Å². The molecule has 2 aliphatic rings. The highest BCUT2D eigenvalue weighted by Gasteiger charge is 2.31. The predicted octanol–water partition coefficient (Wildman–Crippen LogP) is 2.80. The molecule has 3 atom stereocenters. The molecule has 1 N–H and O–H groups in total. The standard InChI is InChI=1S/C16H32N2O/c1-3-12-18(13-14-8-6-7-11-17-14)15-9-4-5-10-16(15)19-2/h14-17H,3-13H2,1-2H3. The summed E-state index contributed by atoms with van der Waals surface area (Å²) < 4.78 is 5.76. The molecule has 1 aliphatic carbocycles. The number of rotatable bonds is 6. The quantitative estimate of drug-likeness (QED) is 0.801. The van der Waals surface area contributed by atoms with Crippen LogP contribution in [0.2, 0.25) is 0 Å². The van der Waals surface area contributed by atoms with Crippen molar-refractivity contribution in [1.29, 1.82) is 0 Å². The van der Waals surface area contributed by atoms with Gasteiger partial charge in [-0.1, -0.05) is 26.2 Å². The normalized spacial score (nSPS) is 32.7. The Morgan fingerprint density at radius 2 is 1.89 bits per heavy atom. The third-order valence-corrected chi connectivity index (χ3v) is 4.82. The van der Waals surface area contributed by atoms with Crippen LogP contribution in [0.25, 0.3) is 0 Å². The molecule has 3 nitrogen and oxygen atoms in total. The largest absolute Gasteiger partial charge is 0.380 e. The van der Waals surface area contributed by atoms with Gasteiger partial charge in [0.15, 0.2) is 0 Å². The summed E-state index contributed by atoms with van der Waals surface area (Å²) in [5.41, 5.74) is 0. The molecule has 1 saturated heterocycles. The monoisotopic (exact) mass is 268 g/mol. The highest BCUT2D eigenvalue weighted by Crippen LogP contribution is 2.26. The van der Waals surface area contributed by atoms with E-state index in [1.54, 1.807) is 0 Å². The van der Waals surface area contributed by atoms with E-state index in [9.17, 15) is 0 Å². The third-order valence-electron chi connectivity index (χ3n) is 4.82. The van der Waals surface area contributed by atoms with E-state index in [0.717, 1.165) is 0 Å². The van der Waals surface area contributed by atoms with Crippen molar-refractivity contribution in [2.45, 2.75) is 76.5 Å². The van der Waals surface area contributed by atoms with Crippen LogP contribution in [0.4, 0.5) is 0 Å². The van der Waals surface area contributed by atoms with E-state index in [1.807, 2.05) is 7.11 Å². The Morgan fingerprint density at radius 1 is 1.11 bits per heavy atom. The zero-order chi connectivity index (χ0) is 13.5. The van der Waals surface area contributed by atoms with Gasteiger partial charge in [-0.05, 0) is 45.2 Å². The molecule has 112 valence electrons. The van der Waals surface area contributed by atoms with Gasteiger partial charge >= 0.3 is 0 Å². The average Bonchev–Trinajstić information content (AvgIpc) is 2.48. The lowest BCUT2D eigenvalue weighted by atomic mass is 9.90. The SMILES string of the molecule is CCCN(CC1CCCCN1)C1CCCCC1OC. The summed E-state index contributed by atoms with van der Waals surface area (Å²) in [6.07, 6.45) is 11.1. The Morgan fingerprint density at radius 3 is 2.58 bits per heavy atom. The molecule has 2 rings (SSSR count). The topological polar surface area (TPSA) is 24.5 Å². The van der Waals surface area contributed by atoms with Crippen molar-refractivity contribution in [2.24, 2.45) is 0 Å². The van der Waals surface area contributed by atoms with Crippen LogP contribution < -0.4 is 5.32 Å². The van der Waals surface area contributed by atoms with Gasteiger partial charge in [-0.15, -0.1) is 0 Å². The first-order valence-corrected chi connectivity index (χ1v) is 8.35. The van der Waals surface area contributed by atoms with Crippen LogP contribution in [0.1, 0.15) is 58.3 Å². The Hall–Kier alpha value is -0.120. The maximum Gasteiger partial charge on any atom is 0.0726 e. The molecule has 19 heavy (non-hydrogen) atoms. The Bertz CT molecular complexity index is 241. The summed E-state index contributed by atoms with van der Waals surface area (Å²) in [5, 5.41) is 3.70. The molecule has 0 spiro atoms. The molecule has 0 aromatic rings. The molecule has 3 unspecified atom stereocenters. The molecular weight excluding hydrogens is 236 g/mol. The summed E-state index contributed by atoms with van der Waals surface area (Å²) >= 11 is 0. The molecule has 1 saturated carbocycles. The van der Waals surface area contributed by atoms with Gasteiger partial charge in [-0.2, -0.15) is 0 Å². The van der Waals surface area contributed by atoms with Gasteiger partial charge in [-0.25, -0.2) is 0 Å². The lowest BCUT2D eigenvalue weighted by Crippen LogP contribution is -2.52. The van der Waals surface area contributed by atoms with Crippen LogP contribution in [-0.4, -0.2) is 49.8 Å². The maximum absolute atomic E-state index is 5.76. The molecule has 0 radical (unpaired) electrons. The van der Waals surface area contributed by atoms with Gasteiger partial charge < -0.3 is 10.1 Å². The second-order valence-electron chi connectivity index (χ2n) is 6.27. The average molecular weight is 268 g/mol. The molecule has 0 amide bonds. The summed E-state index contributed by atoms with van der Waals surface area (Å²) in [6.45, 7) is 5.95. The highest BCUT2D eigenvalue weighted by molar-refractivity contribution is 4.87. The first-order valence-electron chi connectivity index (χ1n) is 8.35. The first-order chi connectivity index (χ1) is 9.35. The van der Waals surface area contributed by atoms with E-state index in [1.165, 1.54) is 71.0 Å². The van der Waals surface area contributed by atoms with E-state index in [2.05, 4.69) is 17.1 Å². The van der Waals surface area contributed by atoms with Crippen molar-refractivity contribution in [3.8, 4) is 0 Å². The number of nitrogens with one attached hydrogen (secondary N) is 1. The molecule has 2 fully saturated rings. The molecule has 0 bridgehead atoms. The van der Waals surface area contributed by atoms with E-state index in [0.29, 0.717) is 18.2 Å². The number of methoxy groups -OCH3 is 1. The molecule has 3 heteroatoms. The summed E-state index contributed by atoms with van der Waals surface area (Å²) in [4.78, 5) is 2.72. The van der Waals surface area contributed by atoms with Crippen molar-refractivity contribution in [2.75, 3.05) is 26.7 Å². The summed E-state index contributed by atoms with van der Waals surface area (Å²) in [6, 6.07) is 1.36. The molecular formula is C16H32N2O. The summed E-state index contributed by atoms with van der Waals surface area (Å²) in [7, 11) is 1.89. The zero-order valence-electron chi connectivity index (χ0n) is 12.9. The fourth-order valence-corrected chi connectivity index (χ4v) is 3.81. The van der Waals surface area contributed by atoms with E-state index in [4.69, 9.17) is 4.74 Å². The molecule has 1 heterocycles. The first kappa shape index (κ1) is 15.3. The van der Waals surface area contributed by atoms with Crippen LogP contribution in [0.5, 0.6) is 0 Å². The number of piperidine rings is 1.